The summed E-state index contributed by atoms with van der Waals surface area (Å²) in [6, 6.07) is 14.8. The van der Waals surface area contributed by atoms with Crippen molar-refractivity contribution in [1.82, 2.24) is 5.32 Å². The number of amides is 2. The molecule has 2 aromatic rings. The fraction of sp³-hybridized carbons (Fsp3) is 0.517. The van der Waals surface area contributed by atoms with Crippen LogP contribution in [0.15, 0.2) is 48.5 Å². The van der Waals surface area contributed by atoms with Gasteiger partial charge in [0.2, 0.25) is 11.8 Å². The molecule has 35 heavy (non-hydrogen) atoms. The highest BCUT2D eigenvalue weighted by Crippen LogP contribution is 2.33. The molecular formula is C29H39N3O3. The average molecular weight is 478 g/mol. The molecule has 2 aliphatic rings. The fourth-order valence-electron chi connectivity index (χ4n) is 5.26. The smallest absolute Gasteiger partial charge is 0.248 e. The van der Waals surface area contributed by atoms with Crippen molar-refractivity contribution < 1.29 is 14.3 Å². The lowest BCUT2D eigenvalue weighted by atomic mass is 9.85. The van der Waals surface area contributed by atoms with E-state index in [4.69, 9.17) is 10.5 Å². The summed E-state index contributed by atoms with van der Waals surface area (Å²) in [4.78, 5) is 27.9. The number of primary amides is 1. The van der Waals surface area contributed by atoms with E-state index < -0.39 is 18.0 Å². The summed E-state index contributed by atoms with van der Waals surface area (Å²) in [6.45, 7) is 4.92. The summed E-state index contributed by atoms with van der Waals surface area (Å²) in [5.41, 5.74) is 8.82. The van der Waals surface area contributed by atoms with E-state index in [1.807, 2.05) is 24.3 Å². The molecule has 1 aliphatic heterocycles. The molecule has 3 N–H and O–H groups in total. The number of rotatable bonds is 9. The minimum absolute atomic E-state index is 0.105. The molecule has 1 heterocycles. The quantitative estimate of drug-likeness (QED) is 0.538. The number of anilines is 1. The second kappa shape index (κ2) is 11.7. The Morgan fingerprint density at radius 3 is 2.49 bits per heavy atom. The van der Waals surface area contributed by atoms with Gasteiger partial charge < -0.3 is 15.4 Å². The normalized spacial score (nSPS) is 19.7. The van der Waals surface area contributed by atoms with Crippen LogP contribution in [-0.2, 0) is 16.1 Å². The highest BCUT2D eigenvalue weighted by molar-refractivity contribution is 5.99. The molecule has 1 aliphatic carbocycles. The van der Waals surface area contributed by atoms with Crippen molar-refractivity contribution in [3.8, 4) is 5.75 Å². The highest BCUT2D eigenvalue weighted by atomic mass is 16.5. The Morgan fingerprint density at radius 1 is 1.09 bits per heavy atom. The molecule has 1 fully saturated rings. The number of ether oxygens (including phenoxy) is 1. The maximum absolute atomic E-state index is 13.8. The summed E-state index contributed by atoms with van der Waals surface area (Å²) in [5, 5.41) is 3.27. The Balaban J connectivity index is 1.51. The average Bonchev–Trinajstić information content (AvgIpc) is 2.99. The summed E-state index contributed by atoms with van der Waals surface area (Å²) in [6.07, 6.45) is 7.87. The van der Waals surface area contributed by atoms with Gasteiger partial charge in [0, 0.05) is 0 Å². The minimum atomic E-state index is -0.652. The summed E-state index contributed by atoms with van der Waals surface area (Å²) in [7, 11) is 0. The number of nitrogens with one attached hydrogen (secondary N) is 1. The maximum Gasteiger partial charge on any atom is 0.248 e. The first-order valence-electron chi connectivity index (χ1n) is 13.1. The Labute approximate surface area is 209 Å². The van der Waals surface area contributed by atoms with E-state index >= 15 is 0 Å². The lowest BCUT2D eigenvalue weighted by Crippen LogP contribution is -2.55. The SMILES string of the molecule is CC(C)c1ccc(CN2C(=O)C(N[C@@H](CCC3CCCCC3)C(N)=O)COc3ccccc32)cc1. The minimum Gasteiger partial charge on any atom is -0.489 e. The van der Waals surface area contributed by atoms with Crippen LogP contribution in [0.3, 0.4) is 0 Å². The van der Waals surface area contributed by atoms with Crippen molar-refractivity contribution in [3.63, 3.8) is 0 Å². The van der Waals surface area contributed by atoms with Crippen LogP contribution < -0.4 is 20.7 Å². The van der Waals surface area contributed by atoms with E-state index in [1.165, 1.54) is 37.7 Å². The van der Waals surface area contributed by atoms with Crippen molar-refractivity contribution in [2.45, 2.75) is 83.3 Å². The van der Waals surface area contributed by atoms with Crippen LogP contribution in [0.2, 0.25) is 0 Å². The predicted molar refractivity (Wildman–Crippen MR) is 139 cm³/mol. The van der Waals surface area contributed by atoms with Crippen molar-refractivity contribution in [2.75, 3.05) is 11.5 Å². The number of hydrogen-bond donors (Lipinski definition) is 2. The zero-order valence-electron chi connectivity index (χ0n) is 21.0. The molecule has 4 rings (SSSR count). The van der Waals surface area contributed by atoms with Crippen molar-refractivity contribution in [2.24, 2.45) is 11.7 Å². The second-order valence-electron chi connectivity index (χ2n) is 10.4. The number of benzene rings is 2. The molecule has 6 heteroatoms. The van der Waals surface area contributed by atoms with Gasteiger partial charge in [-0.15, -0.1) is 0 Å². The van der Waals surface area contributed by atoms with E-state index in [9.17, 15) is 9.59 Å². The molecule has 6 nitrogen and oxygen atoms in total. The van der Waals surface area contributed by atoms with Crippen molar-refractivity contribution in [3.05, 3.63) is 59.7 Å². The number of nitrogens with two attached hydrogens (primary N) is 1. The number of fused-ring (bicyclic) bond motifs is 1. The van der Waals surface area contributed by atoms with Crippen LogP contribution in [0, 0.1) is 5.92 Å². The van der Waals surface area contributed by atoms with E-state index in [0.717, 1.165) is 17.7 Å². The van der Waals surface area contributed by atoms with Gasteiger partial charge in [-0.25, -0.2) is 0 Å². The summed E-state index contributed by atoms with van der Waals surface area (Å²) >= 11 is 0. The Kier molecular flexibility index (Phi) is 8.45. The van der Waals surface area contributed by atoms with Gasteiger partial charge in [0.05, 0.1) is 18.3 Å². The van der Waals surface area contributed by atoms with E-state index in [2.05, 4.69) is 43.4 Å². The molecule has 2 atom stereocenters. The van der Waals surface area contributed by atoms with Gasteiger partial charge in [-0.3, -0.25) is 14.9 Å². The first-order valence-corrected chi connectivity index (χ1v) is 13.1. The Bertz CT molecular complexity index is 998. The van der Waals surface area contributed by atoms with Crippen LogP contribution in [0.25, 0.3) is 0 Å². The number of hydrogen-bond acceptors (Lipinski definition) is 4. The Hall–Kier alpha value is -2.86. The zero-order valence-corrected chi connectivity index (χ0v) is 21.0. The molecule has 2 aromatic carbocycles. The molecule has 0 saturated heterocycles. The lowest BCUT2D eigenvalue weighted by Gasteiger charge is -2.28. The number of para-hydroxylation sites is 2. The number of nitrogens with zero attached hydrogens (tertiary/aromatic N) is 1. The monoisotopic (exact) mass is 477 g/mol. The molecule has 0 radical (unpaired) electrons. The highest BCUT2D eigenvalue weighted by Gasteiger charge is 2.34. The first kappa shape index (κ1) is 25.2. The van der Waals surface area contributed by atoms with Gasteiger partial charge in [-0.2, -0.15) is 0 Å². The predicted octanol–water partition coefficient (Wildman–Crippen LogP) is 4.91. The standard InChI is InChI=1S/C29H39N3O3/c1-20(2)23-15-12-22(13-16-23)18-32-26-10-6-7-11-27(26)35-19-25(29(32)34)31-24(28(30)33)17-14-21-8-4-3-5-9-21/h6-7,10-13,15-16,20-21,24-25,31H,3-5,8-9,14,17-19H2,1-2H3,(H2,30,33)/t24-,25?/m0/s1. The molecule has 188 valence electrons. The molecule has 2 amide bonds. The van der Waals surface area contributed by atoms with Crippen LogP contribution >= 0.6 is 0 Å². The lowest BCUT2D eigenvalue weighted by molar-refractivity contribution is -0.123. The van der Waals surface area contributed by atoms with E-state index in [-0.39, 0.29) is 12.5 Å². The number of carbonyl (C=O) groups excluding carboxylic acids is 2. The van der Waals surface area contributed by atoms with E-state index in [1.54, 1.807) is 4.90 Å². The van der Waals surface area contributed by atoms with Crippen LogP contribution in [0.5, 0.6) is 5.75 Å². The van der Waals surface area contributed by atoms with Gasteiger partial charge >= 0.3 is 0 Å². The van der Waals surface area contributed by atoms with Gasteiger partial charge in [0.1, 0.15) is 18.4 Å². The third-order valence-corrected chi connectivity index (χ3v) is 7.45. The zero-order chi connectivity index (χ0) is 24.8. The topological polar surface area (TPSA) is 84.7 Å². The van der Waals surface area contributed by atoms with Gasteiger partial charge in [-0.05, 0) is 47.9 Å². The third kappa shape index (κ3) is 6.43. The van der Waals surface area contributed by atoms with E-state index in [0.29, 0.717) is 30.6 Å². The second-order valence-corrected chi connectivity index (χ2v) is 10.4. The number of carbonyl (C=O) groups is 2. The van der Waals surface area contributed by atoms with Crippen LogP contribution in [0.1, 0.15) is 75.8 Å². The first-order chi connectivity index (χ1) is 16.9. The molecule has 0 bridgehead atoms. The van der Waals surface area contributed by atoms with Crippen LogP contribution in [0.4, 0.5) is 5.69 Å². The molecule has 0 aromatic heterocycles. The van der Waals surface area contributed by atoms with Crippen molar-refractivity contribution in [1.29, 1.82) is 0 Å². The molecule has 0 spiro atoms. The van der Waals surface area contributed by atoms with Crippen molar-refractivity contribution >= 4 is 17.5 Å². The van der Waals surface area contributed by atoms with Gasteiger partial charge in [0.25, 0.3) is 0 Å². The van der Waals surface area contributed by atoms with Crippen LogP contribution in [-0.4, -0.2) is 30.5 Å². The molecule has 1 saturated carbocycles. The van der Waals surface area contributed by atoms with Gasteiger partial charge in [-0.1, -0.05) is 82.3 Å². The van der Waals surface area contributed by atoms with Gasteiger partial charge in [0.15, 0.2) is 0 Å². The third-order valence-electron chi connectivity index (χ3n) is 7.45. The molecular weight excluding hydrogens is 438 g/mol. The fourth-order valence-corrected chi connectivity index (χ4v) is 5.26. The summed E-state index contributed by atoms with van der Waals surface area (Å²) < 4.78 is 6.05. The maximum atomic E-state index is 13.8. The summed E-state index contributed by atoms with van der Waals surface area (Å²) in [5.74, 6) is 1.24. The Morgan fingerprint density at radius 2 is 1.80 bits per heavy atom. The largest absolute Gasteiger partial charge is 0.489 e. The molecule has 1 unspecified atom stereocenters.